The number of rotatable bonds is 6. The Kier molecular flexibility index (Phi) is 7.53. The predicted octanol–water partition coefficient (Wildman–Crippen LogP) is 4.16. The Bertz CT molecular complexity index is 1260. The average molecular weight is 549 g/mol. The maximum Gasteiger partial charge on any atom is 0.251 e. The molecule has 10 nitrogen and oxygen atoms in total. The maximum atomic E-state index is 13.4. The summed E-state index contributed by atoms with van der Waals surface area (Å²) in [4.78, 5) is 40.1. The van der Waals surface area contributed by atoms with Gasteiger partial charge in [0.05, 0.1) is 31.0 Å². The van der Waals surface area contributed by atoms with E-state index in [1.54, 1.807) is 30.3 Å². The average Bonchev–Trinajstić information content (AvgIpc) is 3.66. The Morgan fingerprint density at radius 3 is 2.58 bits per heavy atom. The smallest absolute Gasteiger partial charge is 0.251 e. The molecular formula is C30H40N6O4. The largest absolute Gasteiger partial charge is 0.495 e. The molecular weight excluding hydrogens is 508 g/mol. The van der Waals surface area contributed by atoms with Crippen molar-refractivity contribution in [3.63, 3.8) is 0 Å². The van der Waals surface area contributed by atoms with Gasteiger partial charge in [-0.3, -0.25) is 9.59 Å². The highest BCUT2D eigenvalue weighted by Gasteiger charge is 2.46. The zero-order valence-corrected chi connectivity index (χ0v) is 23.4. The molecule has 0 bridgehead atoms. The summed E-state index contributed by atoms with van der Waals surface area (Å²) < 4.78 is 5.64. The number of ether oxygens (including phenoxy) is 1. The zero-order chi connectivity index (χ0) is 27.8. The summed E-state index contributed by atoms with van der Waals surface area (Å²) in [7, 11) is 3.42. The van der Waals surface area contributed by atoms with Crippen molar-refractivity contribution in [2.45, 2.75) is 94.9 Å². The second kappa shape index (κ2) is 11.2. The maximum absolute atomic E-state index is 13.4. The molecule has 0 spiro atoms. The minimum atomic E-state index is -0.264. The lowest BCUT2D eigenvalue weighted by Gasteiger charge is -2.36. The van der Waals surface area contributed by atoms with Gasteiger partial charge in [-0.1, -0.05) is 19.3 Å². The fourth-order valence-corrected chi connectivity index (χ4v) is 7.11. The number of carbonyl (C=O) groups is 2. The Balaban J connectivity index is 1.26. The number of fused-ring (bicyclic) bond motifs is 2. The molecule has 2 atom stereocenters. The summed E-state index contributed by atoms with van der Waals surface area (Å²) >= 11 is 0. The van der Waals surface area contributed by atoms with Crippen LogP contribution in [0.2, 0.25) is 0 Å². The summed E-state index contributed by atoms with van der Waals surface area (Å²) in [6, 6.07) is 5.92. The van der Waals surface area contributed by atoms with Crippen molar-refractivity contribution in [3.05, 3.63) is 30.0 Å². The molecule has 0 radical (unpaired) electrons. The molecule has 0 saturated heterocycles. The first-order valence-electron chi connectivity index (χ1n) is 14.8. The predicted molar refractivity (Wildman–Crippen MR) is 153 cm³/mol. The van der Waals surface area contributed by atoms with Crippen molar-refractivity contribution in [1.82, 2.24) is 15.3 Å². The number of benzene rings is 1. The number of anilines is 4. The van der Waals surface area contributed by atoms with Crippen LogP contribution >= 0.6 is 0 Å². The molecule has 6 rings (SSSR count). The summed E-state index contributed by atoms with van der Waals surface area (Å²) in [5, 5.41) is 16.1. The molecule has 2 aromatic rings. The van der Waals surface area contributed by atoms with Crippen molar-refractivity contribution in [3.8, 4) is 5.75 Å². The molecule has 1 aliphatic heterocycles. The molecule has 3 fully saturated rings. The third-order valence-corrected chi connectivity index (χ3v) is 9.30. The van der Waals surface area contributed by atoms with Gasteiger partial charge in [-0.05, 0) is 69.6 Å². The van der Waals surface area contributed by atoms with E-state index < -0.39 is 0 Å². The first-order chi connectivity index (χ1) is 19.4. The highest BCUT2D eigenvalue weighted by molar-refractivity contribution is 6.00. The molecule has 40 heavy (non-hydrogen) atoms. The number of aromatic nitrogens is 2. The zero-order valence-electron chi connectivity index (χ0n) is 23.4. The van der Waals surface area contributed by atoms with Crippen molar-refractivity contribution >= 4 is 35.0 Å². The molecule has 3 saturated carbocycles. The summed E-state index contributed by atoms with van der Waals surface area (Å²) in [6.07, 6.45) is 12.1. The van der Waals surface area contributed by atoms with Gasteiger partial charge >= 0.3 is 0 Å². The van der Waals surface area contributed by atoms with Crippen LogP contribution in [0.3, 0.4) is 0 Å². The lowest BCUT2D eigenvalue weighted by molar-refractivity contribution is -0.122. The highest BCUT2D eigenvalue weighted by atomic mass is 16.5. The van der Waals surface area contributed by atoms with Crippen molar-refractivity contribution < 1.29 is 19.4 Å². The van der Waals surface area contributed by atoms with Gasteiger partial charge in [0.15, 0.2) is 5.82 Å². The number of nitrogens with one attached hydrogen (secondary N) is 2. The van der Waals surface area contributed by atoms with Gasteiger partial charge in [-0.15, -0.1) is 0 Å². The van der Waals surface area contributed by atoms with E-state index in [0.29, 0.717) is 41.8 Å². The topological polar surface area (TPSA) is 120 Å². The second-order valence-corrected chi connectivity index (χ2v) is 11.8. The van der Waals surface area contributed by atoms with Crippen molar-refractivity contribution in [1.29, 1.82) is 0 Å². The van der Waals surface area contributed by atoms with Crippen LogP contribution in [-0.2, 0) is 4.79 Å². The molecule has 4 aliphatic rings. The van der Waals surface area contributed by atoms with Crippen LogP contribution in [0.1, 0.15) is 81.0 Å². The third kappa shape index (κ3) is 5.09. The Morgan fingerprint density at radius 1 is 1.05 bits per heavy atom. The fraction of sp³-hybridized carbons (Fsp3) is 0.600. The van der Waals surface area contributed by atoms with Crippen LogP contribution in [0.4, 0.5) is 23.1 Å². The number of nitrogens with zero attached hydrogens (tertiary/aromatic N) is 4. The second-order valence-electron chi connectivity index (χ2n) is 11.8. The molecule has 1 aromatic carbocycles. The van der Waals surface area contributed by atoms with E-state index in [9.17, 15) is 14.7 Å². The van der Waals surface area contributed by atoms with Crippen LogP contribution in [0, 0.1) is 5.92 Å². The first kappa shape index (κ1) is 26.8. The van der Waals surface area contributed by atoms with Crippen LogP contribution in [0.15, 0.2) is 24.4 Å². The van der Waals surface area contributed by atoms with E-state index in [4.69, 9.17) is 9.72 Å². The number of aliphatic hydroxyl groups is 1. The number of methoxy groups -OCH3 is 1. The lowest BCUT2D eigenvalue weighted by Crippen LogP contribution is -2.46. The minimum absolute atomic E-state index is 0.00586. The monoisotopic (exact) mass is 548 g/mol. The molecule has 2 heterocycles. The van der Waals surface area contributed by atoms with E-state index in [0.717, 1.165) is 56.5 Å². The number of amides is 2. The number of hydrogen-bond acceptors (Lipinski definition) is 8. The Morgan fingerprint density at radius 2 is 1.82 bits per heavy atom. The van der Waals surface area contributed by atoms with Crippen molar-refractivity contribution in [2.75, 3.05) is 29.3 Å². The van der Waals surface area contributed by atoms with E-state index in [-0.39, 0.29) is 35.9 Å². The standard InChI is InChI=1S/C30H40N6O4/c1-35-25-17-31-30(34-27(25)36(20-6-3-4-7-20)24-9-5-8-22(24)29(35)39)33-23-15-10-18(16-26(23)40-2)28(38)32-19-11-13-21(37)14-12-19/h10,15-17,19-22,24,37H,3-9,11-14H2,1-2H3,(H,32,38)(H,31,33,34)/t19?,21?,22-,24+/m0/s1. The lowest BCUT2D eigenvalue weighted by atomic mass is 9.93. The molecule has 2 amide bonds. The molecule has 10 heteroatoms. The van der Waals surface area contributed by atoms with E-state index in [1.807, 2.05) is 13.1 Å². The van der Waals surface area contributed by atoms with Crippen LogP contribution in [-0.4, -0.2) is 65.3 Å². The highest BCUT2D eigenvalue weighted by Crippen LogP contribution is 2.45. The van der Waals surface area contributed by atoms with Gasteiger partial charge in [0.1, 0.15) is 11.4 Å². The Hall–Kier alpha value is -3.40. The van der Waals surface area contributed by atoms with Crippen LogP contribution in [0.5, 0.6) is 5.75 Å². The van der Waals surface area contributed by atoms with Crippen LogP contribution < -0.4 is 25.2 Å². The fourth-order valence-electron chi connectivity index (χ4n) is 7.11. The van der Waals surface area contributed by atoms with E-state index >= 15 is 0 Å². The van der Waals surface area contributed by atoms with E-state index in [2.05, 4.69) is 20.5 Å². The Labute approximate surface area is 235 Å². The first-order valence-corrected chi connectivity index (χ1v) is 14.8. The molecule has 3 aliphatic carbocycles. The number of hydrogen-bond donors (Lipinski definition) is 3. The quantitative estimate of drug-likeness (QED) is 0.492. The number of aliphatic hydroxyl groups excluding tert-OH is 1. The number of carbonyl (C=O) groups excluding carboxylic acids is 2. The summed E-state index contributed by atoms with van der Waals surface area (Å²) in [6.45, 7) is 0. The van der Waals surface area contributed by atoms with Gasteiger partial charge in [0.25, 0.3) is 5.91 Å². The third-order valence-electron chi connectivity index (χ3n) is 9.30. The molecule has 0 unspecified atom stereocenters. The normalized spacial score (nSPS) is 26.7. The molecule has 214 valence electrons. The molecule has 1 aromatic heterocycles. The summed E-state index contributed by atoms with van der Waals surface area (Å²) in [5.74, 6) is 1.76. The molecule has 3 N–H and O–H groups in total. The SMILES string of the molecule is COc1cc(C(=O)NC2CCC(O)CC2)ccc1Nc1ncc2c(n1)N(C1CCCC1)[C@@H]1CCC[C@@H]1C(=O)N2C. The summed E-state index contributed by atoms with van der Waals surface area (Å²) in [5.41, 5.74) is 1.92. The van der Waals surface area contributed by atoms with Gasteiger partial charge in [-0.25, -0.2) is 4.98 Å². The van der Waals surface area contributed by atoms with Gasteiger partial charge < -0.3 is 30.3 Å². The van der Waals surface area contributed by atoms with Gasteiger partial charge in [-0.2, -0.15) is 4.98 Å². The van der Waals surface area contributed by atoms with Crippen molar-refractivity contribution in [2.24, 2.45) is 5.92 Å². The van der Waals surface area contributed by atoms with Gasteiger partial charge in [0.2, 0.25) is 11.9 Å². The van der Waals surface area contributed by atoms with E-state index in [1.165, 1.54) is 12.8 Å². The minimum Gasteiger partial charge on any atom is -0.495 e. The van der Waals surface area contributed by atoms with Crippen LogP contribution in [0.25, 0.3) is 0 Å². The van der Waals surface area contributed by atoms with Gasteiger partial charge in [0, 0.05) is 30.7 Å².